The van der Waals surface area contributed by atoms with Crippen LogP contribution in [0.2, 0.25) is 0 Å². The number of nitrogen functional groups attached to an aromatic ring is 1. The van der Waals surface area contributed by atoms with Gasteiger partial charge in [0.05, 0.1) is 5.54 Å². The molecule has 108 valence electrons. The van der Waals surface area contributed by atoms with E-state index in [0.717, 1.165) is 11.1 Å². The van der Waals surface area contributed by atoms with Crippen molar-refractivity contribution >= 4 is 23.1 Å². The topological polar surface area (TPSA) is 76.7 Å². The normalized spacial score (nSPS) is 12.4. The molecule has 0 saturated heterocycles. The van der Waals surface area contributed by atoms with E-state index in [1.807, 2.05) is 0 Å². The van der Waals surface area contributed by atoms with Gasteiger partial charge in [0.25, 0.3) is 0 Å². The molecule has 0 amide bonds. The summed E-state index contributed by atoms with van der Waals surface area (Å²) in [5.74, 6) is -0.428. The minimum Gasteiger partial charge on any atom is -0.368 e. The largest absolute Gasteiger partial charge is 0.433 e. The zero-order valence-electron chi connectivity index (χ0n) is 10.7. The van der Waals surface area contributed by atoms with Gasteiger partial charge in [-0.05, 0) is 13.8 Å². The molecule has 0 aliphatic carbocycles. The fourth-order valence-electron chi connectivity index (χ4n) is 1.58. The van der Waals surface area contributed by atoms with Crippen molar-refractivity contribution in [1.29, 1.82) is 0 Å². The van der Waals surface area contributed by atoms with Crippen molar-refractivity contribution in [2.45, 2.75) is 25.6 Å². The molecule has 20 heavy (non-hydrogen) atoms. The van der Waals surface area contributed by atoms with Gasteiger partial charge in [-0.2, -0.15) is 18.2 Å². The molecule has 0 atom stereocenters. The number of anilines is 2. The molecule has 0 fully saturated rings. The average Bonchev–Trinajstić information content (AvgIpc) is 2.79. The third kappa shape index (κ3) is 3.16. The van der Waals surface area contributed by atoms with Gasteiger partial charge in [0.15, 0.2) is 5.69 Å². The lowest BCUT2D eigenvalue weighted by atomic mass is 10.1. The molecule has 0 aliphatic rings. The van der Waals surface area contributed by atoms with Crippen LogP contribution in [0.25, 0.3) is 0 Å². The van der Waals surface area contributed by atoms with Crippen LogP contribution < -0.4 is 11.1 Å². The number of nitrogens with zero attached hydrogens (tertiary/aromatic N) is 3. The van der Waals surface area contributed by atoms with Gasteiger partial charge < -0.3 is 11.1 Å². The van der Waals surface area contributed by atoms with E-state index in [-0.39, 0.29) is 5.82 Å². The second-order valence-electron chi connectivity index (χ2n) is 4.58. The summed E-state index contributed by atoms with van der Waals surface area (Å²) in [7, 11) is 0. The van der Waals surface area contributed by atoms with Gasteiger partial charge in [0, 0.05) is 17.6 Å². The fraction of sp³-hybridized carbons (Fsp3) is 0.364. The van der Waals surface area contributed by atoms with E-state index in [0.29, 0.717) is 0 Å². The fourth-order valence-corrected chi connectivity index (χ4v) is 2.30. The number of nitrogens with one attached hydrogen (secondary N) is 1. The maximum absolute atomic E-state index is 12.7. The number of rotatable bonds is 3. The molecule has 2 aromatic rings. The van der Waals surface area contributed by atoms with Crippen LogP contribution >= 0.6 is 11.3 Å². The second-order valence-corrected chi connectivity index (χ2v) is 5.48. The van der Waals surface area contributed by atoms with E-state index in [1.54, 1.807) is 25.4 Å². The molecule has 0 bridgehead atoms. The monoisotopic (exact) mass is 303 g/mol. The number of halogens is 3. The summed E-state index contributed by atoms with van der Waals surface area (Å²) >= 11 is 1.39. The summed E-state index contributed by atoms with van der Waals surface area (Å²) in [6.45, 7) is 3.58. The van der Waals surface area contributed by atoms with Gasteiger partial charge >= 0.3 is 6.18 Å². The van der Waals surface area contributed by atoms with Crippen LogP contribution in [-0.4, -0.2) is 15.0 Å². The highest BCUT2D eigenvalue weighted by atomic mass is 32.1. The zero-order valence-corrected chi connectivity index (χ0v) is 11.5. The van der Waals surface area contributed by atoms with E-state index in [1.165, 1.54) is 11.3 Å². The third-order valence-electron chi connectivity index (χ3n) is 2.44. The average molecular weight is 303 g/mol. The number of thiazole rings is 1. The molecule has 9 heteroatoms. The van der Waals surface area contributed by atoms with Gasteiger partial charge in [-0.1, -0.05) is 0 Å². The van der Waals surface area contributed by atoms with Crippen LogP contribution in [0.15, 0.2) is 17.6 Å². The van der Waals surface area contributed by atoms with E-state index in [2.05, 4.69) is 20.3 Å². The SMILES string of the molecule is CC(C)(Nc1cc(C(F)(F)F)nc(N)n1)c1nccs1. The molecule has 0 spiro atoms. The van der Waals surface area contributed by atoms with Gasteiger partial charge in [-0.15, -0.1) is 11.3 Å². The van der Waals surface area contributed by atoms with Crippen molar-refractivity contribution in [3.8, 4) is 0 Å². The van der Waals surface area contributed by atoms with E-state index >= 15 is 0 Å². The third-order valence-corrected chi connectivity index (χ3v) is 3.54. The second kappa shape index (κ2) is 4.89. The van der Waals surface area contributed by atoms with Crippen molar-refractivity contribution in [2.75, 3.05) is 11.1 Å². The molecule has 0 aliphatic heterocycles. The number of alkyl halides is 3. The summed E-state index contributed by atoms with van der Waals surface area (Å²) in [6, 6.07) is 0.825. The highest BCUT2D eigenvalue weighted by Gasteiger charge is 2.34. The lowest BCUT2D eigenvalue weighted by Crippen LogP contribution is -2.28. The Morgan fingerprint density at radius 1 is 1.25 bits per heavy atom. The highest BCUT2D eigenvalue weighted by Crippen LogP contribution is 2.31. The minimum atomic E-state index is -4.57. The molecule has 0 saturated carbocycles. The van der Waals surface area contributed by atoms with Crippen LogP contribution in [0.5, 0.6) is 0 Å². The molecule has 0 unspecified atom stereocenters. The Bertz CT molecular complexity index is 595. The lowest BCUT2D eigenvalue weighted by molar-refractivity contribution is -0.141. The predicted molar refractivity (Wildman–Crippen MR) is 70.2 cm³/mol. The van der Waals surface area contributed by atoms with Crippen LogP contribution in [0.4, 0.5) is 24.9 Å². The number of hydrogen-bond acceptors (Lipinski definition) is 6. The Kier molecular flexibility index (Phi) is 3.55. The first kappa shape index (κ1) is 14.5. The van der Waals surface area contributed by atoms with Crippen molar-refractivity contribution in [2.24, 2.45) is 0 Å². The molecular weight excluding hydrogens is 291 g/mol. The predicted octanol–water partition coefficient (Wildman–Crippen LogP) is 2.88. The standard InChI is InChI=1S/C11H12F3N5S/c1-10(2,8-16-3-4-20-8)19-7-5-6(11(12,13)14)17-9(15)18-7/h3-5H,1-2H3,(H3,15,17,18,19). The molecular formula is C11H12F3N5S. The number of nitrogens with two attached hydrogens (primary N) is 1. The highest BCUT2D eigenvalue weighted by molar-refractivity contribution is 7.09. The quantitative estimate of drug-likeness (QED) is 0.911. The molecule has 0 aromatic carbocycles. The van der Waals surface area contributed by atoms with Crippen LogP contribution in [-0.2, 0) is 11.7 Å². The van der Waals surface area contributed by atoms with E-state index in [4.69, 9.17) is 5.73 Å². The van der Waals surface area contributed by atoms with E-state index in [9.17, 15) is 13.2 Å². The smallest absolute Gasteiger partial charge is 0.368 e. The molecule has 3 N–H and O–H groups in total. The molecule has 0 radical (unpaired) electrons. The maximum atomic E-state index is 12.7. The van der Waals surface area contributed by atoms with Crippen molar-refractivity contribution in [1.82, 2.24) is 15.0 Å². The number of hydrogen-bond donors (Lipinski definition) is 2. The van der Waals surface area contributed by atoms with Gasteiger partial charge in [-0.3, -0.25) is 0 Å². The van der Waals surface area contributed by atoms with Gasteiger partial charge in [0.1, 0.15) is 10.8 Å². The Morgan fingerprint density at radius 2 is 1.95 bits per heavy atom. The molecule has 5 nitrogen and oxygen atoms in total. The van der Waals surface area contributed by atoms with Crippen LogP contribution in [0.3, 0.4) is 0 Å². The first-order valence-corrected chi connectivity index (χ1v) is 6.46. The Labute approximate surface area is 117 Å². The van der Waals surface area contributed by atoms with Crippen molar-refractivity contribution < 1.29 is 13.2 Å². The summed E-state index contributed by atoms with van der Waals surface area (Å²) < 4.78 is 38.0. The van der Waals surface area contributed by atoms with Crippen LogP contribution in [0.1, 0.15) is 24.5 Å². The van der Waals surface area contributed by atoms with E-state index < -0.39 is 23.4 Å². The summed E-state index contributed by atoms with van der Waals surface area (Å²) in [6.07, 6.45) is -2.95. The first-order chi connectivity index (χ1) is 9.18. The summed E-state index contributed by atoms with van der Waals surface area (Å²) in [5.41, 5.74) is 3.57. The summed E-state index contributed by atoms with van der Waals surface area (Å²) in [4.78, 5) is 11.1. The van der Waals surface area contributed by atoms with Gasteiger partial charge in [-0.25, -0.2) is 9.97 Å². The molecule has 2 rings (SSSR count). The Morgan fingerprint density at radius 3 is 2.50 bits per heavy atom. The van der Waals surface area contributed by atoms with Gasteiger partial charge in [0.2, 0.25) is 5.95 Å². The number of aromatic nitrogens is 3. The zero-order chi connectivity index (χ0) is 15.0. The maximum Gasteiger partial charge on any atom is 0.433 e. The minimum absolute atomic E-state index is 0.00465. The lowest BCUT2D eigenvalue weighted by Gasteiger charge is -2.24. The van der Waals surface area contributed by atoms with Crippen LogP contribution in [0, 0.1) is 0 Å². The molecule has 2 aromatic heterocycles. The van der Waals surface area contributed by atoms with Crippen molar-refractivity contribution in [3.63, 3.8) is 0 Å². The Balaban J connectivity index is 2.32. The first-order valence-electron chi connectivity index (χ1n) is 5.58. The summed E-state index contributed by atoms with van der Waals surface area (Å²) in [5, 5.41) is 5.40. The molecule has 2 heterocycles. The van der Waals surface area contributed by atoms with Crippen molar-refractivity contribution in [3.05, 3.63) is 28.3 Å². The Hall–Kier alpha value is -1.90.